The zero-order valence-electron chi connectivity index (χ0n) is 14.8. The van der Waals surface area contributed by atoms with Gasteiger partial charge in [0.2, 0.25) is 0 Å². The number of primary amides is 1. The molecule has 0 saturated heterocycles. The van der Waals surface area contributed by atoms with E-state index in [4.69, 9.17) is 22.1 Å². The number of nitrogens with two attached hydrogens (primary N) is 1. The van der Waals surface area contributed by atoms with Gasteiger partial charge in [-0.1, -0.05) is 17.7 Å². The van der Waals surface area contributed by atoms with Crippen molar-refractivity contribution in [2.75, 3.05) is 13.2 Å². The molecule has 1 atom stereocenters. The summed E-state index contributed by atoms with van der Waals surface area (Å²) in [6, 6.07) is 10.6. The molecule has 0 fully saturated rings. The van der Waals surface area contributed by atoms with Crippen LogP contribution >= 0.6 is 34.3 Å². The van der Waals surface area contributed by atoms with Crippen molar-refractivity contribution < 1.29 is 14.3 Å². The number of amides is 2. The SMILES string of the molecule is NC(=O)c1ccc(Cl)cc1OCC(=O)N1CCc2sccc2C1c1cccs1. The predicted molar refractivity (Wildman–Crippen MR) is 111 cm³/mol. The third-order valence-electron chi connectivity index (χ3n) is 4.66. The zero-order valence-corrected chi connectivity index (χ0v) is 17.2. The molecule has 1 aromatic carbocycles. The van der Waals surface area contributed by atoms with Crippen LogP contribution in [0.25, 0.3) is 0 Å². The van der Waals surface area contributed by atoms with Gasteiger partial charge in [0, 0.05) is 21.3 Å². The zero-order chi connectivity index (χ0) is 19.7. The molecule has 1 unspecified atom stereocenters. The molecule has 8 heteroatoms. The van der Waals surface area contributed by atoms with Crippen LogP contribution in [0.2, 0.25) is 5.02 Å². The van der Waals surface area contributed by atoms with Crippen molar-refractivity contribution in [1.82, 2.24) is 4.90 Å². The average Bonchev–Trinajstić information content (AvgIpc) is 3.36. The number of carbonyl (C=O) groups is 2. The van der Waals surface area contributed by atoms with Crippen LogP contribution in [0, 0.1) is 0 Å². The van der Waals surface area contributed by atoms with Gasteiger partial charge in [-0.25, -0.2) is 0 Å². The second-order valence-electron chi connectivity index (χ2n) is 6.35. The summed E-state index contributed by atoms with van der Waals surface area (Å²) >= 11 is 9.35. The van der Waals surface area contributed by atoms with Crippen molar-refractivity contribution in [3.8, 4) is 5.75 Å². The number of hydrogen-bond acceptors (Lipinski definition) is 5. The molecule has 0 saturated carbocycles. The Kier molecular flexibility index (Phi) is 5.39. The van der Waals surface area contributed by atoms with Gasteiger partial charge in [-0.15, -0.1) is 22.7 Å². The van der Waals surface area contributed by atoms with E-state index in [-0.39, 0.29) is 29.9 Å². The van der Waals surface area contributed by atoms with E-state index in [1.807, 2.05) is 22.4 Å². The second kappa shape index (κ2) is 7.95. The molecule has 3 heterocycles. The van der Waals surface area contributed by atoms with Crippen molar-refractivity contribution in [3.05, 3.63) is 73.1 Å². The maximum Gasteiger partial charge on any atom is 0.261 e. The van der Waals surface area contributed by atoms with Crippen molar-refractivity contribution in [2.24, 2.45) is 5.73 Å². The van der Waals surface area contributed by atoms with Crippen LogP contribution in [-0.4, -0.2) is 29.9 Å². The standard InChI is InChI=1S/C20H17ClN2O3S2/c21-12-3-4-13(20(22)25)15(10-12)26-11-18(24)23-7-5-16-14(6-9-28-16)19(23)17-2-1-8-27-17/h1-4,6,8-10,19H,5,7,11H2,(H2,22,25). The second-order valence-corrected chi connectivity index (χ2v) is 8.76. The van der Waals surface area contributed by atoms with Gasteiger partial charge in [0.05, 0.1) is 11.6 Å². The normalized spacial score (nSPS) is 15.9. The maximum atomic E-state index is 13.0. The van der Waals surface area contributed by atoms with E-state index in [1.165, 1.54) is 22.6 Å². The maximum absolute atomic E-state index is 13.0. The van der Waals surface area contributed by atoms with Gasteiger partial charge in [-0.2, -0.15) is 0 Å². The molecule has 4 rings (SSSR count). The number of thiophene rings is 2. The summed E-state index contributed by atoms with van der Waals surface area (Å²) in [5, 5.41) is 4.49. The lowest BCUT2D eigenvalue weighted by Gasteiger charge is -2.35. The third kappa shape index (κ3) is 3.65. The Labute approximate surface area is 175 Å². The highest BCUT2D eigenvalue weighted by Crippen LogP contribution is 2.39. The lowest BCUT2D eigenvalue weighted by Crippen LogP contribution is -2.42. The largest absolute Gasteiger partial charge is 0.483 e. The molecule has 2 amide bonds. The molecule has 28 heavy (non-hydrogen) atoms. The molecule has 0 spiro atoms. The first-order chi connectivity index (χ1) is 13.5. The fraction of sp³-hybridized carbons (Fsp3) is 0.200. The minimum Gasteiger partial charge on any atom is -0.483 e. The topological polar surface area (TPSA) is 72.6 Å². The monoisotopic (exact) mass is 432 g/mol. The average molecular weight is 433 g/mol. The van der Waals surface area contributed by atoms with E-state index in [1.54, 1.807) is 28.7 Å². The summed E-state index contributed by atoms with van der Waals surface area (Å²) in [6.45, 7) is 0.429. The van der Waals surface area contributed by atoms with Crippen LogP contribution in [-0.2, 0) is 11.2 Å². The van der Waals surface area contributed by atoms with E-state index in [2.05, 4.69) is 11.4 Å². The van der Waals surface area contributed by atoms with Crippen LogP contribution < -0.4 is 10.5 Å². The van der Waals surface area contributed by atoms with E-state index in [9.17, 15) is 9.59 Å². The highest BCUT2D eigenvalue weighted by Gasteiger charge is 2.33. The molecule has 2 N–H and O–H groups in total. The van der Waals surface area contributed by atoms with Gasteiger partial charge in [0.1, 0.15) is 5.75 Å². The van der Waals surface area contributed by atoms with Crippen LogP contribution in [0.3, 0.4) is 0 Å². The van der Waals surface area contributed by atoms with Crippen molar-refractivity contribution >= 4 is 46.1 Å². The van der Waals surface area contributed by atoms with Crippen LogP contribution in [0.5, 0.6) is 5.75 Å². The highest BCUT2D eigenvalue weighted by molar-refractivity contribution is 7.10. The smallest absolute Gasteiger partial charge is 0.261 e. The molecule has 0 bridgehead atoms. The van der Waals surface area contributed by atoms with Gasteiger partial charge in [0.15, 0.2) is 6.61 Å². The van der Waals surface area contributed by atoms with Gasteiger partial charge in [-0.05, 0) is 53.1 Å². The lowest BCUT2D eigenvalue weighted by atomic mass is 9.98. The Bertz CT molecular complexity index is 1020. The Hall–Kier alpha value is -2.35. The number of hydrogen-bond donors (Lipinski definition) is 1. The summed E-state index contributed by atoms with van der Waals surface area (Å²) in [7, 11) is 0. The quantitative estimate of drug-likeness (QED) is 0.659. The van der Waals surface area contributed by atoms with Crippen LogP contribution in [0.15, 0.2) is 47.2 Å². The molecular weight excluding hydrogens is 416 g/mol. The molecule has 2 aromatic heterocycles. The van der Waals surface area contributed by atoms with Crippen molar-refractivity contribution in [3.63, 3.8) is 0 Å². The molecule has 144 valence electrons. The van der Waals surface area contributed by atoms with Crippen LogP contribution in [0.1, 0.15) is 31.7 Å². The molecule has 5 nitrogen and oxygen atoms in total. The Morgan fingerprint density at radius 2 is 2.07 bits per heavy atom. The molecule has 0 aliphatic carbocycles. The Balaban J connectivity index is 1.57. The first kappa shape index (κ1) is 19.0. The van der Waals surface area contributed by atoms with Gasteiger partial charge in [-0.3, -0.25) is 9.59 Å². The summed E-state index contributed by atoms with van der Waals surface area (Å²) in [6.07, 6.45) is 0.824. The Morgan fingerprint density at radius 1 is 1.21 bits per heavy atom. The highest BCUT2D eigenvalue weighted by atomic mass is 35.5. The molecular formula is C20H17ClN2O3S2. The number of fused-ring (bicyclic) bond motifs is 1. The minimum atomic E-state index is -0.628. The number of carbonyl (C=O) groups excluding carboxylic acids is 2. The molecule has 3 aromatic rings. The molecule has 1 aliphatic rings. The van der Waals surface area contributed by atoms with Crippen molar-refractivity contribution in [2.45, 2.75) is 12.5 Å². The van der Waals surface area contributed by atoms with Gasteiger partial charge in [0.25, 0.3) is 11.8 Å². The first-order valence-electron chi connectivity index (χ1n) is 8.66. The van der Waals surface area contributed by atoms with E-state index in [0.717, 1.165) is 11.3 Å². The van der Waals surface area contributed by atoms with E-state index < -0.39 is 5.91 Å². The van der Waals surface area contributed by atoms with Gasteiger partial charge >= 0.3 is 0 Å². The summed E-state index contributed by atoms with van der Waals surface area (Å²) in [4.78, 5) is 28.9. The summed E-state index contributed by atoms with van der Waals surface area (Å²) in [5.74, 6) is -0.559. The molecule has 0 radical (unpaired) electrons. The third-order valence-corrected chi connectivity index (χ3v) is 6.82. The summed E-state index contributed by atoms with van der Waals surface area (Å²) < 4.78 is 5.66. The van der Waals surface area contributed by atoms with Crippen LogP contribution in [0.4, 0.5) is 0 Å². The van der Waals surface area contributed by atoms with E-state index >= 15 is 0 Å². The molecule has 1 aliphatic heterocycles. The predicted octanol–water partition coefficient (Wildman–Crippen LogP) is 4.12. The number of halogens is 1. The number of rotatable bonds is 5. The Morgan fingerprint density at radius 3 is 2.82 bits per heavy atom. The fourth-order valence-electron chi connectivity index (χ4n) is 3.38. The van der Waals surface area contributed by atoms with Gasteiger partial charge < -0.3 is 15.4 Å². The number of ether oxygens (including phenoxy) is 1. The van der Waals surface area contributed by atoms with E-state index in [0.29, 0.717) is 11.6 Å². The number of benzene rings is 1. The lowest BCUT2D eigenvalue weighted by molar-refractivity contribution is -0.135. The summed E-state index contributed by atoms with van der Waals surface area (Å²) in [5.41, 5.74) is 6.76. The number of nitrogens with zero attached hydrogens (tertiary/aromatic N) is 1. The minimum absolute atomic E-state index is 0.110. The van der Waals surface area contributed by atoms with Crippen molar-refractivity contribution in [1.29, 1.82) is 0 Å². The fourth-order valence-corrected chi connectivity index (χ4v) is 5.30. The first-order valence-corrected chi connectivity index (χ1v) is 10.8.